The van der Waals surface area contributed by atoms with Crippen molar-refractivity contribution < 1.29 is 13.6 Å². The van der Waals surface area contributed by atoms with Gasteiger partial charge in [-0.3, -0.25) is 14.3 Å². The number of nitrogens with two attached hydrogens (primary N) is 1. The van der Waals surface area contributed by atoms with Gasteiger partial charge in [0.2, 0.25) is 0 Å². The van der Waals surface area contributed by atoms with Crippen LogP contribution in [0, 0.1) is 18.6 Å². The van der Waals surface area contributed by atoms with Crippen molar-refractivity contribution in [3.8, 4) is 5.69 Å². The number of hydrogen-bond acceptors (Lipinski definition) is 6. The number of fused-ring (bicyclic) bond motifs is 1. The lowest BCUT2D eigenvalue weighted by Gasteiger charge is -2.23. The van der Waals surface area contributed by atoms with Gasteiger partial charge in [0.25, 0.3) is 11.5 Å². The summed E-state index contributed by atoms with van der Waals surface area (Å²) in [4.78, 5) is 27.8. The average Bonchev–Trinajstić information content (AvgIpc) is 3.43. The van der Waals surface area contributed by atoms with Crippen LogP contribution < -0.4 is 21.5 Å². The fraction of sp³-hybridized carbons (Fsp3) is 0.308. The van der Waals surface area contributed by atoms with Gasteiger partial charge in [-0.25, -0.2) is 8.78 Å². The van der Waals surface area contributed by atoms with E-state index in [4.69, 9.17) is 10.8 Å². The van der Waals surface area contributed by atoms with Crippen molar-refractivity contribution in [3.63, 3.8) is 0 Å². The summed E-state index contributed by atoms with van der Waals surface area (Å²) in [5, 5.41) is 12.5. The summed E-state index contributed by atoms with van der Waals surface area (Å²) >= 11 is 0. The highest BCUT2D eigenvalue weighted by molar-refractivity contribution is 6.09. The maximum Gasteiger partial charge on any atom is 0.276 e. The summed E-state index contributed by atoms with van der Waals surface area (Å²) < 4.78 is 31.2. The largest absolute Gasteiger partial charge is 0.368 e. The molecule has 5 rings (SSSR count). The second-order valence-electron chi connectivity index (χ2n) is 9.47. The molecule has 1 atom stereocenters. The number of aryl methyl sites for hydroxylation is 1. The Morgan fingerprint density at radius 2 is 1.81 bits per heavy atom. The zero-order valence-electron chi connectivity index (χ0n) is 20.7. The zero-order chi connectivity index (χ0) is 26.4. The van der Waals surface area contributed by atoms with E-state index in [1.807, 2.05) is 31.5 Å². The van der Waals surface area contributed by atoms with Crippen molar-refractivity contribution in [2.24, 2.45) is 5.73 Å². The number of halogens is 2. The number of rotatable bonds is 5. The summed E-state index contributed by atoms with van der Waals surface area (Å²) in [7, 11) is 0. The van der Waals surface area contributed by atoms with E-state index >= 15 is 0 Å². The van der Waals surface area contributed by atoms with Gasteiger partial charge in [-0.2, -0.15) is 14.9 Å². The molecule has 4 aromatic rings. The molecule has 1 saturated heterocycles. The molecule has 0 spiro atoms. The predicted octanol–water partition coefficient (Wildman–Crippen LogP) is 3.54. The molecule has 9 nitrogen and oxygen atoms in total. The summed E-state index contributed by atoms with van der Waals surface area (Å²) in [5.41, 5.74) is 7.67. The lowest BCUT2D eigenvalue weighted by Crippen LogP contribution is -2.28. The molecule has 0 aliphatic carbocycles. The van der Waals surface area contributed by atoms with Crippen LogP contribution in [0.1, 0.15) is 42.5 Å². The van der Waals surface area contributed by atoms with Crippen molar-refractivity contribution in [2.45, 2.75) is 39.3 Å². The molecule has 0 saturated carbocycles. The number of aromatic nitrogens is 4. The molecule has 37 heavy (non-hydrogen) atoms. The molecule has 2 aromatic carbocycles. The molecule has 1 amide bonds. The molecule has 1 aliphatic rings. The van der Waals surface area contributed by atoms with Crippen molar-refractivity contribution in [1.82, 2.24) is 19.6 Å². The van der Waals surface area contributed by atoms with Crippen LogP contribution >= 0.6 is 0 Å². The van der Waals surface area contributed by atoms with Gasteiger partial charge >= 0.3 is 0 Å². The van der Waals surface area contributed by atoms with Crippen LogP contribution in [0.4, 0.5) is 20.2 Å². The third-order valence-corrected chi connectivity index (χ3v) is 6.48. The molecular formula is C26H27F2N7O2. The monoisotopic (exact) mass is 507 g/mol. The summed E-state index contributed by atoms with van der Waals surface area (Å²) in [6.07, 6.45) is 0.807. The van der Waals surface area contributed by atoms with Gasteiger partial charge in [-0.1, -0.05) is 6.07 Å². The maximum atomic E-state index is 14.3. The molecule has 0 radical (unpaired) electrons. The van der Waals surface area contributed by atoms with Crippen LogP contribution in [0.25, 0.3) is 16.6 Å². The van der Waals surface area contributed by atoms with E-state index in [-0.39, 0.29) is 17.8 Å². The van der Waals surface area contributed by atoms with Crippen LogP contribution in [-0.2, 0) is 0 Å². The van der Waals surface area contributed by atoms with Crippen molar-refractivity contribution >= 4 is 28.2 Å². The fourth-order valence-electron chi connectivity index (χ4n) is 4.78. The molecule has 3 heterocycles. The minimum absolute atomic E-state index is 0.000135. The molecule has 11 heteroatoms. The Morgan fingerprint density at radius 3 is 2.46 bits per heavy atom. The first kappa shape index (κ1) is 24.6. The van der Waals surface area contributed by atoms with E-state index in [2.05, 4.69) is 15.3 Å². The van der Waals surface area contributed by atoms with Crippen molar-refractivity contribution in [1.29, 1.82) is 0 Å². The Morgan fingerprint density at radius 1 is 1.08 bits per heavy atom. The van der Waals surface area contributed by atoms with Crippen LogP contribution in [0.15, 0.2) is 47.3 Å². The summed E-state index contributed by atoms with van der Waals surface area (Å²) in [6, 6.07) is 9.31. The molecule has 1 aliphatic heterocycles. The van der Waals surface area contributed by atoms with E-state index in [0.717, 1.165) is 46.9 Å². The number of nitrogens with one attached hydrogen (secondary N) is 1. The zero-order valence-corrected chi connectivity index (χ0v) is 20.7. The number of benzene rings is 2. The lowest BCUT2D eigenvalue weighted by atomic mass is 10.1. The first-order valence-electron chi connectivity index (χ1n) is 12.0. The number of carbonyl (C=O) groups excluding carboxylic acids is 1. The summed E-state index contributed by atoms with van der Waals surface area (Å²) in [6.45, 7) is 7.35. The SMILES string of the molecule is Cc1nn(C(C)C)c2ccc(NC(=O)c3ccc(=O)n(-c4c(F)cccc4F)n3)c(N3CC[C@@H](N)C3)c12. The van der Waals surface area contributed by atoms with Crippen LogP contribution in [0.3, 0.4) is 0 Å². The van der Waals surface area contributed by atoms with E-state index in [1.165, 1.54) is 12.1 Å². The second kappa shape index (κ2) is 9.40. The van der Waals surface area contributed by atoms with E-state index < -0.39 is 28.8 Å². The number of carbonyl (C=O) groups is 1. The van der Waals surface area contributed by atoms with Crippen LogP contribution in [0.5, 0.6) is 0 Å². The predicted molar refractivity (Wildman–Crippen MR) is 137 cm³/mol. The molecule has 1 fully saturated rings. The van der Waals surface area contributed by atoms with E-state index in [0.29, 0.717) is 23.5 Å². The number of para-hydroxylation sites is 1. The number of anilines is 2. The number of amides is 1. The normalized spacial score (nSPS) is 15.6. The van der Waals surface area contributed by atoms with Crippen LogP contribution in [-0.4, -0.2) is 44.6 Å². The first-order chi connectivity index (χ1) is 17.7. The van der Waals surface area contributed by atoms with Gasteiger partial charge in [-0.15, -0.1) is 0 Å². The highest BCUT2D eigenvalue weighted by Crippen LogP contribution is 2.39. The maximum absolute atomic E-state index is 14.3. The molecule has 2 aromatic heterocycles. The lowest BCUT2D eigenvalue weighted by molar-refractivity contribution is 0.102. The van der Waals surface area contributed by atoms with Crippen molar-refractivity contribution in [2.75, 3.05) is 23.3 Å². The van der Waals surface area contributed by atoms with Gasteiger partial charge in [0, 0.05) is 36.6 Å². The van der Waals surface area contributed by atoms with E-state index in [9.17, 15) is 18.4 Å². The van der Waals surface area contributed by atoms with Gasteiger partial charge in [0.15, 0.2) is 11.6 Å². The molecule has 3 N–H and O–H groups in total. The van der Waals surface area contributed by atoms with Gasteiger partial charge < -0.3 is 16.0 Å². The number of nitrogens with zero attached hydrogens (tertiary/aromatic N) is 5. The topological polar surface area (TPSA) is 111 Å². The number of hydrogen-bond donors (Lipinski definition) is 2. The smallest absolute Gasteiger partial charge is 0.276 e. The van der Waals surface area contributed by atoms with Crippen molar-refractivity contribution in [3.05, 3.63) is 75.8 Å². The molecular weight excluding hydrogens is 480 g/mol. The Balaban J connectivity index is 1.58. The fourth-order valence-corrected chi connectivity index (χ4v) is 4.78. The van der Waals surface area contributed by atoms with Gasteiger partial charge in [0.1, 0.15) is 11.4 Å². The van der Waals surface area contributed by atoms with Crippen LogP contribution in [0.2, 0.25) is 0 Å². The second-order valence-corrected chi connectivity index (χ2v) is 9.47. The minimum atomic E-state index is -0.970. The Kier molecular flexibility index (Phi) is 6.24. The summed E-state index contributed by atoms with van der Waals surface area (Å²) in [5.74, 6) is -2.57. The Bertz CT molecular complexity index is 1560. The molecule has 192 valence electrons. The Hall–Kier alpha value is -4.12. The first-order valence-corrected chi connectivity index (χ1v) is 12.0. The Labute approximate surface area is 211 Å². The van der Waals surface area contributed by atoms with E-state index in [1.54, 1.807) is 6.07 Å². The molecule has 0 unspecified atom stereocenters. The third kappa shape index (κ3) is 4.35. The standard InChI is InChI=1S/C26H27F2N7O2/c1-14(2)34-21-9-7-19(25(23(21)15(3)31-34)33-12-11-16(29)13-33)30-26(37)20-8-10-22(36)35(32-20)24-17(27)5-4-6-18(24)28/h4-10,14,16H,11-13,29H2,1-3H3,(H,30,37)/t16-/m1/s1. The third-order valence-electron chi connectivity index (χ3n) is 6.48. The van der Waals surface area contributed by atoms with Gasteiger partial charge in [0.05, 0.1) is 22.6 Å². The minimum Gasteiger partial charge on any atom is -0.368 e. The molecule has 0 bridgehead atoms. The van der Waals surface area contributed by atoms with Gasteiger partial charge in [-0.05, 0) is 57.5 Å². The highest BCUT2D eigenvalue weighted by atomic mass is 19.1. The average molecular weight is 508 g/mol. The highest BCUT2D eigenvalue weighted by Gasteiger charge is 2.27. The quantitative estimate of drug-likeness (QED) is 0.428.